The van der Waals surface area contributed by atoms with Crippen LogP contribution in [0, 0.1) is 5.41 Å². The SMILES string of the molecule is CC(C)(C)Cc1cccc(OCCO)c1. The van der Waals surface area contributed by atoms with E-state index in [-0.39, 0.29) is 12.0 Å². The molecule has 0 aliphatic rings. The number of hydrogen-bond acceptors (Lipinski definition) is 2. The summed E-state index contributed by atoms with van der Waals surface area (Å²) in [6, 6.07) is 8.06. The Kier molecular flexibility index (Phi) is 4.15. The van der Waals surface area contributed by atoms with Crippen LogP contribution in [-0.4, -0.2) is 18.3 Å². The van der Waals surface area contributed by atoms with E-state index in [4.69, 9.17) is 9.84 Å². The first-order valence-electron chi connectivity index (χ1n) is 5.34. The van der Waals surface area contributed by atoms with Crippen molar-refractivity contribution in [3.8, 4) is 5.75 Å². The van der Waals surface area contributed by atoms with Crippen molar-refractivity contribution in [2.24, 2.45) is 5.41 Å². The van der Waals surface area contributed by atoms with Crippen molar-refractivity contribution in [2.45, 2.75) is 27.2 Å². The van der Waals surface area contributed by atoms with E-state index in [1.165, 1.54) is 5.56 Å². The molecule has 0 unspecified atom stereocenters. The molecule has 0 aliphatic carbocycles. The number of aliphatic hydroxyl groups is 1. The third-order valence-corrected chi connectivity index (χ3v) is 1.99. The first-order chi connectivity index (χ1) is 7.01. The van der Waals surface area contributed by atoms with Gasteiger partial charge in [-0.25, -0.2) is 0 Å². The smallest absolute Gasteiger partial charge is 0.119 e. The van der Waals surface area contributed by atoms with Gasteiger partial charge >= 0.3 is 0 Å². The third kappa shape index (κ3) is 4.84. The van der Waals surface area contributed by atoms with Crippen LogP contribution in [0.4, 0.5) is 0 Å². The van der Waals surface area contributed by atoms with Gasteiger partial charge in [-0.15, -0.1) is 0 Å². The van der Waals surface area contributed by atoms with E-state index in [9.17, 15) is 0 Å². The summed E-state index contributed by atoms with van der Waals surface area (Å²) in [7, 11) is 0. The lowest BCUT2D eigenvalue weighted by atomic mass is 9.88. The van der Waals surface area contributed by atoms with Gasteiger partial charge in [0, 0.05) is 0 Å². The average molecular weight is 208 g/mol. The van der Waals surface area contributed by atoms with Crippen molar-refractivity contribution in [1.82, 2.24) is 0 Å². The molecule has 0 saturated heterocycles. The van der Waals surface area contributed by atoms with Gasteiger partial charge in [0.1, 0.15) is 12.4 Å². The molecule has 1 N–H and O–H groups in total. The number of aliphatic hydroxyl groups excluding tert-OH is 1. The van der Waals surface area contributed by atoms with Gasteiger partial charge in [0.05, 0.1) is 6.61 Å². The van der Waals surface area contributed by atoms with Crippen LogP contribution in [0.15, 0.2) is 24.3 Å². The Balaban J connectivity index is 2.66. The molecule has 0 bridgehead atoms. The van der Waals surface area contributed by atoms with Crippen molar-refractivity contribution < 1.29 is 9.84 Å². The van der Waals surface area contributed by atoms with Crippen LogP contribution >= 0.6 is 0 Å². The Morgan fingerprint density at radius 1 is 1.27 bits per heavy atom. The molecule has 0 spiro atoms. The Labute approximate surface area is 91.9 Å². The Morgan fingerprint density at radius 3 is 2.60 bits per heavy atom. The predicted molar refractivity (Wildman–Crippen MR) is 62.2 cm³/mol. The van der Waals surface area contributed by atoms with Crippen LogP contribution in [-0.2, 0) is 6.42 Å². The second-order valence-electron chi connectivity index (χ2n) is 4.96. The summed E-state index contributed by atoms with van der Waals surface area (Å²) in [6.45, 7) is 7.07. The molecule has 1 aromatic carbocycles. The van der Waals surface area contributed by atoms with Crippen LogP contribution in [0.1, 0.15) is 26.3 Å². The maximum absolute atomic E-state index is 8.66. The molecule has 0 amide bonds. The van der Waals surface area contributed by atoms with E-state index in [0.717, 1.165) is 12.2 Å². The lowest BCUT2D eigenvalue weighted by Gasteiger charge is -2.18. The third-order valence-electron chi connectivity index (χ3n) is 1.99. The summed E-state index contributed by atoms with van der Waals surface area (Å²) in [5.74, 6) is 0.839. The standard InChI is InChI=1S/C13H20O2/c1-13(2,3)10-11-5-4-6-12(9-11)15-8-7-14/h4-6,9,14H,7-8,10H2,1-3H3. The predicted octanol–water partition coefficient (Wildman–Crippen LogP) is 2.65. The first-order valence-corrected chi connectivity index (χ1v) is 5.34. The van der Waals surface area contributed by atoms with Crippen molar-refractivity contribution >= 4 is 0 Å². The summed E-state index contributed by atoms with van der Waals surface area (Å²) in [4.78, 5) is 0. The average Bonchev–Trinajstić information content (AvgIpc) is 2.12. The van der Waals surface area contributed by atoms with Crippen LogP contribution in [0.2, 0.25) is 0 Å². The minimum absolute atomic E-state index is 0.0590. The van der Waals surface area contributed by atoms with E-state index in [1.54, 1.807) is 0 Å². The van der Waals surface area contributed by atoms with Crippen LogP contribution in [0.3, 0.4) is 0 Å². The largest absolute Gasteiger partial charge is 0.491 e. The molecule has 0 aliphatic heterocycles. The first kappa shape index (κ1) is 12.1. The minimum atomic E-state index is 0.0590. The van der Waals surface area contributed by atoms with Crippen molar-refractivity contribution in [3.05, 3.63) is 29.8 Å². The molecule has 0 heterocycles. The van der Waals surface area contributed by atoms with Crippen molar-refractivity contribution in [3.63, 3.8) is 0 Å². The summed E-state index contributed by atoms with van der Waals surface area (Å²) in [5, 5.41) is 8.66. The fraction of sp³-hybridized carbons (Fsp3) is 0.538. The zero-order valence-corrected chi connectivity index (χ0v) is 9.79. The molecule has 0 fully saturated rings. The Bertz CT molecular complexity index is 300. The van der Waals surface area contributed by atoms with Gasteiger partial charge in [-0.3, -0.25) is 0 Å². The maximum Gasteiger partial charge on any atom is 0.119 e. The summed E-state index contributed by atoms with van der Waals surface area (Å²) in [6.07, 6.45) is 1.03. The van der Waals surface area contributed by atoms with Gasteiger partial charge < -0.3 is 9.84 Å². The molecule has 0 atom stereocenters. The number of ether oxygens (including phenoxy) is 1. The zero-order valence-electron chi connectivity index (χ0n) is 9.79. The summed E-state index contributed by atoms with van der Waals surface area (Å²) < 4.78 is 5.36. The van der Waals surface area contributed by atoms with Gasteiger partial charge in [-0.05, 0) is 29.5 Å². The van der Waals surface area contributed by atoms with E-state index in [1.807, 2.05) is 18.2 Å². The van der Waals surface area contributed by atoms with Crippen LogP contribution in [0.5, 0.6) is 5.75 Å². The molecular weight excluding hydrogens is 188 g/mol. The Hall–Kier alpha value is -1.02. The van der Waals surface area contributed by atoms with E-state index >= 15 is 0 Å². The molecule has 84 valence electrons. The van der Waals surface area contributed by atoms with Gasteiger partial charge in [0.25, 0.3) is 0 Å². The molecule has 0 aromatic heterocycles. The normalized spacial score (nSPS) is 11.5. The second kappa shape index (κ2) is 5.17. The topological polar surface area (TPSA) is 29.5 Å². The number of rotatable bonds is 4. The highest BCUT2D eigenvalue weighted by Crippen LogP contribution is 2.23. The number of benzene rings is 1. The second-order valence-corrected chi connectivity index (χ2v) is 4.96. The molecule has 1 aromatic rings. The molecule has 2 nitrogen and oxygen atoms in total. The monoisotopic (exact) mass is 208 g/mol. The zero-order chi connectivity index (χ0) is 11.3. The summed E-state index contributed by atoms with van der Waals surface area (Å²) in [5.41, 5.74) is 1.56. The van der Waals surface area contributed by atoms with E-state index < -0.39 is 0 Å². The van der Waals surface area contributed by atoms with Gasteiger partial charge in [0.15, 0.2) is 0 Å². The van der Waals surface area contributed by atoms with Crippen LogP contribution < -0.4 is 4.74 Å². The van der Waals surface area contributed by atoms with Crippen molar-refractivity contribution in [1.29, 1.82) is 0 Å². The molecular formula is C13H20O2. The molecule has 15 heavy (non-hydrogen) atoms. The lowest BCUT2D eigenvalue weighted by Crippen LogP contribution is -2.09. The van der Waals surface area contributed by atoms with Gasteiger partial charge in [-0.1, -0.05) is 32.9 Å². The van der Waals surface area contributed by atoms with Gasteiger partial charge in [-0.2, -0.15) is 0 Å². The lowest BCUT2D eigenvalue weighted by molar-refractivity contribution is 0.201. The summed E-state index contributed by atoms with van der Waals surface area (Å²) >= 11 is 0. The highest BCUT2D eigenvalue weighted by Gasteiger charge is 2.11. The highest BCUT2D eigenvalue weighted by molar-refractivity contribution is 5.29. The molecule has 2 heteroatoms. The van der Waals surface area contributed by atoms with E-state index in [2.05, 4.69) is 26.8 Å². The fourth-order valence-electron chi connectivity index (χ4n) is 1.52. The van der Waals surface area contributed by atoms with Crippen molar-refractivity contribution in [2.75, 3.05) is 13.2 Å². The Morgan fingerprint density at radius 2 is 2.00 bits per heavy atom. The van der Waals surface area contributed by atoms with Crippen LogP contribution in [0.25, 0.3) is 0 Å². The quantitative estimate of drug-likeness (QED) is 0.824. The molecule has 1 rings (SSSR count). The molecule has 0 radical (unpaired) electrons. The minimum Gasteiger partial charge on any atom is -0.491 e. The molecule has 0 saturated carbocycles. The maximum atomic E-state index is 8.66. The van der Waals surface area contributed by atoms with E-state index in [0.29, 0.717) is 6.61 Å². The van der Waals surface area contributed by atoms with Gasteiger partial charge in [0.2, 0.25) is 0 Å². The highest BCUT2D eigenvalue weighted by atomic mass is 16.5. The number of hydrogen-bond donors (Lipinski definition) is 1. The fourth-order valence-corrected chi connectivity index (χ4v) is 1.52.